The number of nitrogens with one attached hydrogen (secondary N) is 1. The summed E-state index contributed by atoms with van der Waals surface area (Å²) < 4.78 is 11.1. The van der Waals surface area contributed by atoms with Gasteiger partial charge in [0.1, 0.15) is 13.2 Å². The van der Waals surface area contributed by atoms with Gasteiger partial charge in [-0.05, 0) is 37.6 Å². The first-order chi connectivity index (χ1) is 12.6. The zero-order valence-electron chi connectivity index (χ0n) is 14.9. The van der Waals surface area contributed by atoms with Crippen molar-refractivity contribution in [3.05, 3.63) is 59.7 Å². The van der Waals surface area contributed by atoms with Crippen molar-refractivity contribution >= 4 is 23.4 Å². The smallest absolute Gasteiger partial charge is 0.252 e. The standard InChI is InChI=1S/C20H22N2O3S/c1-14(17-8-9-18-19(12-17)25-11-10-24-18)21-22-20(23)15(2)26-13-16-6-4-3-5-7-16/h3-9,12,15H,10-11,13H2,1-2H3,(H,22,23). The van der Waals surface area contributed by atoms with E-state index in [-0.39, 0.29) is 11.2 Å². The summed E-state index contributed by atoms with van der Waals surface area (Å²) in [7, 11) is 0. The Bertz CT molecular complexity index is 793. The van der Waals surface area contributed by atoms with Crippen molar-refractivity contribution < 1.29 is 14.3 Å². The highest BCUT2D eigenvalue weighted by Gasteiger charge is 2.15. The minimum absolute atomic E-state index is 0.108. The fourth-order valence-electron chi connectivity index (χ4n) is 2.43. The first-order valence-electron chi connectivity index (χ1n) is 8.53. The van der Waals surface area contributed by atoms with Crippen LogP contribution in [0.25, 0.3) is 0 Å². The van der Waals surface area contributed by atoms with E-state index in [1.807, 2.05) is 50.2 Å². The molecule has 0 aliphatic carbocycles. The predicted octanol–water partition coefficient (Wildman–Crippen LogP) is 3.62. The molecule has 1 aliphatic rings. The lowest BCUT2D eigenvalue weighted by Gasteiger charge is -2.18. The highest BCUT2D eigenvalue weighted by atomic mass is 32.2. The topological polar surface area (TPSA) is 59.9 Å². The average Bonchev–Trinajstić information content (AvgIpc) is 2.70. The van der Waals surface area contributed by atoms with E-state index in [9.17, 15) is 4.79 Å². The van der Waals surface area contributed by atoms with Gasteiger partial charge in [-0.25, -0.2) is 5.43 Å². The molecule has 3 rings (SSSR count). The Morgan fingerprint density at radius 2 is 1.88 bits per heavy atom. The molecular weight excluding hydrogens is 348 g/mol. The molecule has 2 aromatic rings. The van der Waals surface area contributed by atoms with Crippen molar-refractivity contribution in [1.82, 2.24) is 5.43 Å². The van der Waals surface area contributed by atoms with Gasteiger partial charge in [-0.15, -0.1) is 11.8 Å². The molecule has 0 saturated carbocycles. The van der Waals surface area contributed by atoms with Gasteiger partial charge >= 0.3 is 0 Å². The van der Waals surface area contributed by atoms with Crippen molar-refractivity contribution in [3.63, 3.8) is 0 Å². The number of thioether (sulfide) groups is 1. The van der Waals surface area contributed by atoms with Gasteiger partial charge in [0.15, 0.2) is 11.5 Å². The lowest BCUT2D eigenvalue weighted by molar-refractivity contribution is -0.120. The first kappa shape index (κ1) is 18.3. The largest absolute Gasteiger partial charge is 0.486 e. The third-order valence-corrected chi connectivity index (χ3v) is 5.22. The summed E-state index contributed by atoms with van der Waals surface area (Å²) >= 11 is 1.59. The monoisotopic (exact) mass is 370 g/mol. The van der Waals surface area contributed by atoms with Gasteiger partial charge in [0.25, 0.3) is 5.91 Å². The minimum atomic E-state index is -0.188. The maximum Gasteiger partial charge on any atom is 0.252 e. The van der Waals surface area contributed by atoms with Crippen LogP contribution < -0.4 is 14.9 Å². The molecule has 1 aliphatic heterocycles. The predicted molar refractivity (Wildman–Crippen MR) is 105 cm³/mol. The van der Waals surface area contributed by atoms with Crippen molar-refractivity contribution in [2.45, 2.75) is 24.9 Å². The van der Waals surface area contributed by atoms with Gasteiger partial charge < -0.3 is 9.47 Å². The zero-order chi connectivity index (χ0) is 18.4. The summed E-state index contributed by atoms with van der Waals surface area (Å²) in [5.41, 5.74) is 5.46. The molecule has 0 spiro atoms. The molecule has 1 amide bonds. The molecule has 0 aromatic heterocycles. The number of rotatable bonds is 6. The first-order valence-corrected chi connectivity index (χ1v) is 9.58. The van der Waals surface area contributed by atoms with Crippen LogP contribution in [0.1, 0.15) is 25.0 Å². The normalized spacial score (nSPS) is 14.6. The molecule has 0 fully saturated rings. The molecule has 1 N–H and O–H groups in total. The van der Waals surface area contributed by atoms with Crippen molar-refractivity contribution in [3.8, 4) is 11.5 Å². The summed E-state index contributed by atoms with van der Waals surface area (Å²) in [6.45, 7) is 4.85. The quantitative estimate of drug-likeness (QED) is 0.623. The Balaban J connectivity index is 1.55. The molecule has 0 radical (unpaired) electrons. The number of hydrazone groups is 1. The van der Waals surface area contributed by atoms with Crippen LogP contribution in [0.2, 0.25) is 0 Å². The number of carbonyl (C=O) groups excluding carboxylic acids is 1. The van der Waals surface area contributed by atoms with E-state index in [0.717, 1.165) is 22.8 Å². The number of benzene rings is 2. The fourth-order valence-corrected chi connectivity index (χ4v) is 3.27. The minimum Gasteiger partial charge on any atom is -0.486 e. The lowest BCUT2D eigenvalue weighted by atomic mass is 10.1. The maximum atomic E-state index is 12.2. The van der Waals surface area contributed by atoms with Gasteiger partial charge in [-0.3, -0.25) is 4.79 Å². The molecular formula is C20H22N2O3S. The van der Waals surface area contributed by atoms with Crippen LogP contribution in [-0.4, -0.2) is 30.1 Å². The van der Waals surface area contributed by atoms with Crippen LogP contribution in [0.5, 0.6) is 11.5 Å². The molecule has 6 heteroatoms. The third kappa shape index (κ3) is 4.79. The van der Waals surface area contributed by atoms with Gasteiger partial charge in [-0.1, -0.05) is 30.3 Å². The summed E-state index contributed by atoms with van der Waals surface area (Å²) in [4.78, 5) is 12.2. The second-order valence-electron chi connectivity index (χ2n) is 5.97. The van der Waals surface area contributed by atoms with Crippen LogP contribution in [0.3, 0.4) is 0 Å². The average molecular weight is 370 g/mol. The van der Waals surface area contributed by atoms with E-state index in [4.69, 9.17) is 9.47 Å². The highest BCUT2D eigenvalue weighted by Crippen LogP contribution is 2.30. The number of nitrogens with zero attached hydrogens (tertiary/aromatic N) is 1. The van der Waals surface area contributed by atoms with E-state index < -0.39 is 0 Å². The summed E-state index contributed by atoms with van der Waals surface area (Å²) in [5, 5.41) is 4.04. The summed E-state index contributed by atoms with van der Waals surface area (Å²) in [6, 6.07) is 15.8. The Morgan fingerprint density at radius 1 is 1.15 bits per heavy atom. The molecule has 2 aromatic carbocycles. The molecule has 0 saturated heterocycles. The highest BCUT2D eigenvalue weighted by molar-refractivity contribution is 7.99. The molecule has 26 heavy (non-hydrogen) atoms. The van der Waals surface area contributed by atoms with E-state index in [1.54, 1.807) is 11.8 Å². The molecule has 0 bridgehead atoms. The van der Waals surface area contributed by atoms with Crippen LogP contribution in [-0.2, 0) is 10.5 Å². The Hall–Kier alpha value is -2.47. The number of ether oxygens (including phenoxy) is 2. The van der Waals surface area contributed by atoms with Gasteiger partial charge in [0.2, 0.25) is 0 Å². The second-order valence-corrected chi connectivity index (χ2v) is 7.30. The number of hydrogen-bond acceptors (Lipinski definition) is 5. The van der Waals surface area contributed by atoms with Crippen molar-refractivity contribution in [1.29, 1.82) is 0 Å². The van der Waals surface area contributed by atoms with Crippen molar-refractivity contribution in [2.24, 2.45) is 5.10 Å². The molecule has 1 atom stereocenters. The molecule has 1 unspecified atom stereocenters. The van der Waals surface area contributed by atoms with E-state index >= 15 is 0 Å². The number of amides is 1. The maximum absolute atomic E-state index is 12.2. The SMILES string of the molecule is CC(=NNC(=O)C(C)SCc1ccccc1)c1ccc2c(c1)OCCO2. The number of fused-ring (bicyclic) bond motifs is 1. The van der Waals surface area contributed by atoms with Gasteiger partial charge in [0.05, 0.1) is 11.0 Å². The van der Waals surface area contributed by atoms with E-state index in [0.29, 0.717) is 19.0 Å². The van der Waals surface area contributed by atoms with Crippen LogP contribution >= 0.6 is 11.8 Å². The fraction of sp³-hybridized carbons (Fsp3) is 0.300. The second kappa shape index (κ2) is 8.76. The summed E-state index contributed by atoms with van der Waals surface area (Å²) in [5.74, 6) is 2.13. The van der Waals surface area contributed by atoms with Crippen molar-refractivity contribution in [2.75, 3.05) is 13.2 Å². The number of hydrogen-bond donors (Lipinski definition) is 1. The number of carbonyl (C=O) groups is 1. The third-order valence-electron chi connectivity index (χ3n) is 4.01. The summed E-state index contributed by atoms with van der Waals surface area (Å²) in [6.07, 6.45) is 0. The van der Waals surface area contributed by atoms with Gasteiger partial charge in [0, 0.05) is 11.3 Å². The van der Waals surface area contributed by atoms with Crippen LogP contribution in [0, 0.1) is 0 Å². The Kier molecular flexibility index (Phi) is 6.17. The van der Waals surface area contributed by atoms with E-state index in [2.05, 4.69) is 22.7 Å². The molecule has 1 heterocycles. The van der Waals surface area contributed by atoms with Gasteiger partial charge in [-0.2, -0.15) is 5.10 Å². The zero-order valence-corrected chi connectivity index (χ0v) is 15.7. The van der Waals surface area contributed by atoms with E-state index in [1.165, 1.54) is 5.56 Å². The molecule has 5 nitrogen and oxygen atoms in total. The Labute approximate surface area is 157 Å². The lowest BCUT2D eigenvalue weighted by Crippen LogP contribution is -2.27. The Morgan fingerprint density at radius 3 is 2.65 bits per heavy atom. The van der Waals surface area contributed by atoms with Crippen LogP contribution in [0.15, 0.2) is 53.6 Å². The molecule has 136 valence electrons. The van der Waals surface area contributed by atoms with Crippen LogP contribution in [0.4, 0.5) is 0 Å².